The van der Waals surface area contributed by atoms with E-state index in [1.807, 2.05) is 0 Å². The molecule has 114 valence electrons. The van der Waals surface area contributed by atoms with Gasteiger partial charge in [0.1, 0.15) is 0 Å². The van der Waals surface area contributed by atoms with E-state index in [-0.39, 0.29) is 13.2 Å². The van der Waals surface area contributed by atoms with Gasteiger partial charge in [-0.3, -0.25) is 0 Å². The molecule has 7 heteroatoms. The zero-order chi connectivity index (χ0) is 15.3. The Labute approximate surface area is 114 Å². The molecule has 1 aromatic rings. The number of benzene rings is 1. The van der Waals surface area contributed by atoms with Crippen molar-refractivity contribution < 1.29 is 31.8 Å². The third-order valence-electron chi connectivity index (χ3n) is 2.59. The van der Waals surface area contributed by atoms with E-state index in [1.165, 1.54) is 0 Å². The topological polar surface area (TPSA) is 27.7 Å². The number of ether oxygens (including phenoxy) is 3. The average molecular weight is 296 g/mol. The normalized spacial score (nSPS) is 11.2. The van der Waals surface area contributed by atoms with E-state index in [4.69, 9.17) is 9.47 Å². The molecule has 20 heavy (non-hydrogen) atoms. The number of hydrogen-bond acceptors (Lipinski definition) is 3. The minimum absolute atomic E-state index is 0.231. The number of methoxy groups -OCH3 is 1. The van der Waals surface area contributed by atoms with Gasteiger partial charge < -0.3 is 14.2 Å². The van der Waals surface area contributed by atoms with E-state index in [0.717, 1.165) is 7.11 Å². The minimum Gasteiger partial charge on any atom is -0.491 e. The third kappa shape index (κ3) is 3.40. The Bertz CT molecular complexity index is 430. The zero-order valence-corrected chi connectivity index (χ0v) is 11.4. The summed E-state index contributed by atoms with van der Waals surface area (Å²) in [6.07, 6.45) is -1.43. The lowest BCUT2D eigenvalue weighted by atomic mass is 10.1. The molecule has 0 atom stereocenters. The van der Waals surface area contributed by atoms with E-state index in [1.54, 1.807) is 13.8 Å². The summed E-state index contributed by atoms with van der Waals surface area (Å²) >= 11 is 0. The van der Waals surface area contributed by atoms with Crippen LogP contribution in [0.3, 0.4) is 0 Å². The van der Waals surface area contributed by atoms with Crippen LogP contribution in [-0.4, -0.2) is 26.6 Å². The molecule has 0 unspecified atom stereocenters. The van der Waals surface area contributed by atoms with Crippen LogP contribution in [0, 0.1) is 23.3 Å². The predicted octanol–water partition coefficient (Wildman–Crippen LogP) is 3.19. The highest BCUT2D eigenvalue weighted by Gasteiger charge is 2.28. The lowest BCUT2D eigenvalue weighted by Gasteiger charge is -2.18. The van der Waals surface area contributed by atoms with Crippen molar-refractivity contribution >= 4 is 0 Å². The summed E-state index contributed by atoms with van der Waals surface area (Å²) in [6, 6.07) is 0. The van der Waals surface area contributed by atoms with Crippen molar-refractivity contribution in [2.45, 2.75) is 26.6 Å². The molecule has 0 saturated carbocycles. The van der Waals surface area contributed by atoms with Crippen LogP contribution in [0.2, 0.25) is 0 Å². The second-order valence-electron chi connectivity index (χ2n) is 3.81. The zero-order valence-electron chi connectivity index (χ0n) is 11.4. The van der Waals surface area contributed by atoms with Crippen LogP contribution < -0.4 is 4.74 Å². The lowest BCUT2D eigenvalue weighted by molar-refractivity contribution is -0.135. The van der Waals surface area contributed by atoms with Gasteiger partial charge in [-0.25, -0.2) is 8.78 Å². The van der Waals surface area contributed by atoms with Crippen molar-refractivity contribution in [2.24, 2.45) is 0 Å². The van der Waals surface area contributed by atoms with Gasteiger partial charge in [0.2, 0.25) is 11.6 Å². The van der Waals surface area contributed by atoms with E-state index in [2.05, 4.69) is 4.74 Å². The van der Waals surface area contributed by atoms with Crippen molar-refractivity contribution in [1.82, 2.24) is 0 Å². The lowest BCUT2D eigenvalue weighted by Crippen LogP contribution is -2.22. The van der Waals surface area contributed by atoms with Crippen LogP contribution >= 0.6 is 0 Å². The third-order valence-corrected chi connectivity index (χ3v) is 2.59. The maximum absolute atomic E-state index is 13.8. The molecule has 0 saturated heterocycles. The van der Waals surface area contributed by atoms with Crippen molar-refractivity contribution in [3.05, 3.63) is 28.8 Å². The molecule has 0 bridgehead atoms. The maximum Gasteiger partial charge on any atom is 0.204 e. The monoisotopic (exact) mass is 296 g/mol. The molecule has 0 amide bonds. The smallest absolute Gasteiger partial charge is 0.204 e. The van der Waals surface area contributed by atoms with Gasteiger partial charge in [0, 0.05) is 25.2 Å². The second-order valence-corrected chi connectivity index (χ2v) is 3.81. The van der Waals surface area contributed by atoms with Gasteiger partial charge in [0.15, 0.2) is 23.7 Å². The average Bonchev–Trinajstić information content (AvgIpc) is 2.42. The van der Waals surface area contributed by atoms with E-state index >= 15 is 0 Å². The van der Waals surface area contributed by atoms with Gasteiger partial charge in [-0.05, 0) is 13.8 Å². The van der Waals surface area contributed by atoms with Gasteiger partial charge in [-0.15, -0.1) is 0 Å². The SMILES string of the molecule is CCOC(Cc1c(F)c(F)c(OC)c(F)c1F)OCC. The Balaban J connectivity index is 3.17. The van der Waals surface area contributed by atoms with Gasteiger partial charge in [-0.1, -0.05) is 0 Å². The quantitative estimate of drug-likeness (QED) is 0.439. The van der Waals surface area contributed by atoms with Crippen LogP contribution in [0.25, 0.3) is 0 Å². The molecule has 0 aliphatic rings. The van der Waals surface area contributed by atoms with Gasteiger partial charge in [-0.2, -0.15) is 8.78 Å². The van der Waals surface area contributed by atoms with E-state index in [0.29, 0.717) is 0 Å². The summed E-state index contributed by atoms with van der Waals surface area (Å²) < 4.78 is 69.1. The van der Waals surface area contributed by atoms with Crippen molar-refractivity contribution in [2.75, 3.05) is 20.3 Å². The van der Waals surface area contributed by atoms with Crippen molar-refractivity contribution in [1.29, 1.82) is 0 Å². The van der Waals surface area contributed by atoms with Crippen LogP contribution in [-0.2, 0) is 15.9 Å². The highest BCUT2D eigenvalue weighted by molar-refractivity contribution is 5.34. The Morgan fingerprint density at radius 2 is 1.30 bits per heavy atom. The molecule has 0 fully saturated rings. The van der Waals surface area contributed by atoms with Crippen LogP contribution in [0.4, 0.5) is 17.6 Å². The molecule has 0 aliphatic carbocycles. The summed E-state index contributed by atoms with van der Waals surface area (Å²) in [5.74, 6) is -7.26. The summed E-state index contributed by atoms with van der Waals surface area (Å²) in [5, 5.41) is 0. The van der Waals surface area contributed by atoms with Gasteiger partial charge in [0.05, 0.1) is 7.11 Å². The molecular formula is C13H16F4O3. The fraction of sp³-hybridized carbons (Fsp3) is 0.538. The first-order valence-corrected chi connectivity index (χ1v) is 6.09. The molecule has 1 aromatic carbocycles. The molecule has 0 radical (unpaired) electrons. The largest absolute Gasteiger partial charge is 0.491 e. The highest BCUT2D eigenvalue weighted by Crippen LogP contribution is 2.30. The molecule has 0 aliphatic heterocycles. The summed E-state index contributed by atoms with van der Waals surface area (Å²) in [7, 11) is 0.920. The van der Waals surface area contributed by atoms with Gasteiger partial charge in [0.25, 0.3) is 0 Å². The van der Waals surface area contributed by atoms with Crippen LogP contribution in [0.15, 0.2) is 0 Å². The van der Waals surface area contributed by atoms with Crippen LogP contribution in [0.5, 0.6) is 5.75 Å². The molecule has 0 N–H and O–H groups in total. The first-order chi connectivity index (χ1) is 9.47. The highest BCUT2D eigenvalue weighted by atomic mass is 19.2. The molecule has 0 heterocycles. The fourth-order valence-electron chi connectivity index (χ4n) is 1.72. The molecule has 0 aromatic heterocycles. The number of rotatable bonds is 7. The Kier molecular flexibility index (Phi) is 6.22. The Hall–Kier alpha value is -1.34. The molecular weight excluding hydrogens is 280 g/mol. The first-order valence-electron chi connectivity index (χ1n) is 6.09. The maximum atomic E-state index is 13.8. The molecule has 1 rings (SSSR count). The van der Waals surface area contributed by atoms with Crippen molar-refractivity contribution in [3.8, 4) is 5.75 Å². The number of halogens is 4. The summed E-state index contributed by atoms with van der Waals surface area (Å²) in [6.45, 7) is 3.78. The number of hydrogen-bond donors (Lipinski definition) is 0. The van der Waals surface area contributed by atoms with Gasteiger partial charge >= 0.3 is 0 Å². The van der Waals surface area contributed by atoms with E-state index in [9.17, 15) is 17.6 Å². The Morgan fingerprint density at radius 3 is 1.65 bits per heavy atom. The predicted molar refractivity (Wildman–Crippen MR) is 63.6 cm³/mol. The molecule has 3 nitrogen and oxygen atoms in total. The molecule has 0 spiro atoms. The summed E-state index contributed by atoms with van der Waals surface area (Å²) in [4.78, 5) is 0. The summed E-state index contributed by atoms with van der Waals surface area (Å²) in [5.41, 5.74) is -0.771. The fourth-order valence-corrected chi connectivity index (χ4v) is 1.72. The second kappa shape index (κ2) is 7.44. The first kappa shape index (κ1) is 16.7. The van der Waals surface area contributed by atoms with Crippen LogP contribution in [0.1, 0.15) is 19.4 Å². The van der Waals surface area contributed by atoms with E-state index < -0.39 is 47.3 Å². The standard InChI is InChI=1S/C13H16F4O3/c1-4-19-8(20-5-2)6-7-9(14)11(16)13(18-3)12(17)10(7)15/h8H,4-6H2,1-3H3. The van der Waals surface area contributed by atoms with Crippen molar-refractivity contribution in [3.63, 3.8) is 0 Å². The minimum atomic E-state index is -1.58. The Morgan fingerprint density at radius 1 is 0.850 bits per heavy atom.